The molecule has 5 heteroatoms. The number of halogens is 1. The lowest BCUT2D eigenvalue weighted by Gasteiger charge is -2.51. The third-order valence-corrected chi connectivity index (χ3v) is 10.1. The first-order valence-electron chi connectivity index (χ1n) is 14.7. The summed E-state index contributed by atoms with van der Waals surface area (Å²) in [6.07, 6.45) is 8.03. The highest BCUT2D eigenvalue weighted by atomic mass is 19.1. The van der Waals surface area contributed by atoms with Crippen molar-refractivity contribution in [2.45, 2.75) is 83.2 Å². The molecule has 1 N–H and O–H groups in total. The van der Waals surface area contributed by atoms with Crippen LogP contribution in [0.15, 0.2) is 54.6 Å². The monoisotopic (exact) mass is 542 g/mol. The SMILES string of the molecule is COc1ccc(F)c(-c2ccc(COc3ccc4c(c3)[C@@]3(CCC4)CC[C@@H]3C(=O)O)cc2[C@@H]2CCCC2(C)C)c1. The fourth-order valence-electron chi connectivity index (χ4n) is 7.82. The second-order valence-electron chi connectivity index (χ2n) is 12.7. The molecule has 0 heterocycles. The summed E-state index contributed by atoms with van der Waals surface area (Å²) < 4.78 is 26.9. The van der Waals surface area contributed by atoms with Gasteiger partial charge in [-0.15, -0.1) is 0 Å². The fraction of sp³-hybridized carbons (Fsp3) is 0.457. The Hall–Kier alpha value is -3.34. The molecule has 3 aliphatic carbocycles. The summed E-state index contributed by atoms with van der Waals surface area (Å²) in [7, 11) is 1.60. The quantitative estimate of drug-likeness (QED) is 0.325. The number of benzene rings is 3. The molecule has 210 valence electrons. The molecule has 0 aliphatic heterocycles. The second kappa shape index (κ2) is 10.2. The Morgan fingerprint density at radius 3 is 2.48 bits per heavy atom. The van der Waals surface area contributed by atoms with Crippen LogP contribution in [0.1, 0.15) is 87.0 Å². The lowest BCUT2D eigenvalue weighted by atomic mass is 9.52. The summed E-state index contributed by atoms with van der Waals surface area (Å²) in [6, 6.07) is 17.5. The number of aryl methyl sites for hydroxylation is 1. The molecule has 0 bridgehead atoms. The summed E-state index contributed by atoms with van der Waals surface area (Å²) >= 11 is 0. The molecule has 0 saturated heterocycles. The maximum absolute atomic E-state index is 15.1. The van der Waals surface area contributed by atoms with Crippen LogP contribution in [0.3, 0.4) is 0 Å². The Bertz CT molecular complexity index is 1440. The number of carbonyl (C=O) groups is 1. The predicted octanol–water partition coefficient (Wildman–Crippen LogP) is 8.44. The van der Waals surface area contributed by atoms with Crippen molar-refractivity contribution in [2.75, 3.05) is 7.11 Å². The van der Waals surface area contributed by atoms with E-state index >= 15 is 4.39 Å². The Morgan fingerprint density at radius 2 is 1.77 bits per heavy atom. The van der Waals surface area contributed by atoms with E-state index in [9.17, 15) is 9.90 Å². The molecule has 2 saturated carbocycles. The smallest absolute Gasteiger partial charge is 0.307 e. The van der Waals surface area contributed by atoms with E-state index in [0.717, 1.165) is 68.2 Å². The van der Waals surface area contributed by atoms with Gasteiger partial charge in [0.15, 0.2) is 0 Å². The number of rotatable bonds is 7. The van der Waals surface area contributed by atoms with Gasteiger partial charge in [-0.2, -0.15) is 0 Å². The van der Waals surface area contributed by atoms with Crippen molar-refractivity contribution in [2.24, 2.45) is 11.3 Å². The fourth-order valence-corrected chi connectivity index (χ4v) is 7.82. The standard InChI is InChI=1S/C35H39FO4/c1-34(2)15-5-7-29(34)27-18-22(8-12-26(27)28-19-24(39-3)11-13-32(28)36)21-40-25-10-9-23-6-4-16-35(31(23)20-25)17-14-30(35)33(37)38/h8-13,18-20,29-30H,4-7,14-17,21H2,1-3H3,(H,37,38)/t29-,30+,35-/m0/s1. The van der Waals surface area contributed by atoms with Crippen molar-refractivity contribution < 1.29 is 23.8 Å². The number of methoxy groups -OCH3 is 1. The zero-order valence-corrected chi connectivity index (χ0v) is 23.8. The molecular formula is C35H39FO4. The average molecular weight is 543 g/mol. The number of ether oxygens (including phenoxy) is 2. The van der Waals surface area contributed by atoms with Crippen LogP contribution in [-0.4, -0.2) is 18.2 Å². The van der Waals surface area contributed by atoms with Gasteiger partial charge in [0.05, 0.1) is 13.0 Å². The highest BCUT2D eigenvalue weighted by molar-refractivity contribution is 5.75. The van der Waals surface area contributed by atoms with Gasteiger partial charge in [-0.05, 0) is 114 Å². The van der Waals surface area contributed by atoms with Gasteiger partial charge in [0.1, 0.15) is 23.9 Å². The van der Waals surface area contributed by atoms with Crippen LogP contribution in [0, 0.1) is 17.2 Å². The number of hydrogen-bond donors (Lipinski definition) is 1. The van der Waals surface area contributed by atoms with Crippen LogP contribution in [0.5, 0.6) is 11.5 Å². The molecule has 3 aromatic carbocycles. The lowest BCUT2D eigenvalue weighted by molar-refractivity contribution is -0.150. The average Bonchev–Trinajstić information content (AvgIpc) is 3.29. The molecule has 0 unspecified atom stereocenters. The molecule has 3 aromatic rings. The zero-order valence-electron chi connectivity index (χ0n) is 23.8. The molecule has 1 spiro atoms. The number of fused-ring (bicyclic) bond motifs is 2. The van der Waals surface area contributed by atoms with Crippen LogP contribution in [-0.2, 0) is 23.2 Å². The number of carboxylic acid groups (broad SMARTS) is 1. The highest BCUT2D eigenvalue weighted by Crippen LogP contribution is 2.56. The predicted molar refractivity (Wildman–Crippen MR) is 155 cm³/mol. The van der Waals surface area contributed by atoms with Gasteiger partial charge < -0.3 is 14.6 Å². The molecule has 2 fully saturated rings. The molecule has 0 amide bonds. The van der Waals surface area contributed by atoms with Gasteiger partial charge in [0.2, 0.25) is 0 Å². The summed E-state index contributed by atoms with van der Waals surface area (Å²) in [5.41, 5.74) is 6.01. The number of hydrogen-bond acceptors (Lipinski definition) is 3. The first-order valence-corrected chi connectivity index (χ1v) is 14.7. The second-order valence-corrected chi connectivity index (χ2v) is 12.7. The molecular weight excluding hydrogens is 503 g/mol. The molecule has 3 atom stereocenters. The maximum atomic E-state index is 15.1. The van der Waals surface area contributed by atoms with E-state index in [1.165, 1.54) is 22.8 Å². The van der Waals surface area contributed by atoms with Crippen LogP contribution >= 0.6 is 0 Å². The molecule has 6 rings (SSSR count). The van der Waals surface area contributed by atoms with E-state index in [-0.39, 0.29) is 22.6 Å². The summed E-state index contributed by atoms with van der Waals surface area (Å²) in [5, 5.41) is 9.84. The van der Waals surface area contributed by atoms with Crippen molar-refractivity contribution in [3.63, 3.8) is 0 Å². The highest BCUT2D eigenvalue weighted by Gasteiger charge is 2.53. The van der Waals surface area contributed by atoms with Gasteiger partial charge in [-0.1, -0.05) is 44.5 Å². The number of aliphatic carboxylic acids is 1. The maximum Gasteiger partial charge on any atom is 0.307 e. The zero-order chi connectivity index (χ0) is 28.1. The number of carboxylic acids is 1. The van der Waals surface area contributed by atoms with E-state index in [1.807, 2.05) is 18.2 Å². The van der Waals surface area contributed by atoms with Crippen molar-refractivity contribution in [1.82, 2.24) is 0 Å². The van der Waals surface area contributed by atoms with Crippen LogP contribution < -0.4 is 9.47 Å². The van der Waals surface area contributed by atoms with Crippen LogP contribution in [0.2, 0.25) is 0 Å². The molecule has 4 nitrogen and oxygen atoms in total. The van der Waals surface area contributed by atoms with Gasteiger partial charge in [0, 0.05) is 11.0 Å². The van der Waals surface area contributed by atoms with Crippen molar-refractivity contribution in [1.29, 1.82) is 0 Å². The Balaban J connectivity index is 1.31. The summed E-state index contributed by atoms with van der Waals surface area (Å²) in [5.74, 6) is 0.511. The first kappa shape index (κ1) is 26.9. The first-order chi connectivity index (χ1) is 19.2. The Kier molecular flexibility index (Phi) is 6.88. The minimum Gasteiger partial charge on any atom is -0.497 e. The van der Waals surface area contributed by atoms with Crippen molar-refractivity contribution in [3.8, 4) is 22.6 Å². The summed E-state index contributed by atoms with van der Waals surface area (Å²) in [4.78, 5) is 12.0. The van der Waals surface area contributed by atoms with Gasteiger partial charge in [0.25, 0.3) is 0 Å². The van der Waals surface area contributed by atoms with Crippen molar-refractivity contribution in [3.05, 3.63) is 82.7 Å². The van der Waals surface area contributed by atoms with E-state index < -0.39 is 5.97 Å². The van der Waals surface area contributed by atoms with E-state index in [4.69, 9.17) is 9.47 Å². The van der Waals surface area contributed by atoms with E-state index in [1.54, 1.807) is 19.2 Å². The largest absolute Gasteiger partial charge is 0.497 e. The van der Waals surface area contributed by atoms with Crippen LogP contribution in [0.4, 0.5) is 4.39 Å². The lowest BCUT2D eigenvalue weighted by Crippen LogP contribution is -2.50. The van der Waals surface area contributed by atoms with Crippen molar-refractivity contribution >= 4 is 5.97 Å². The molecule has 0 aromatic heterocycles. The summed E-state index contributed by atoms with van der Waals surface area (Å²) in [6.45, 7) is 5.02. The normalized spacial score (nSPS) is 24.8. The molecule has 40 heavy (non-hydrogen) atoms. The Labute approximate surface area is 236 Å². The minimum atomic E-state index is -0.680. The molecule has 0 radical (unpaired) electrons. The van der Waals surface area contributed by atoms with Gasteiger partial charge >= 0.3 is 5.97 Å². The Morgan fingerprint density at radius 1 is 0.950 bits per heavy atom. The van der Waals surface area contributed by atoms with Crippen LogP contribution in [0.25, 0.3) is 11.1 Å². The van der Waals surface area contributed by atoms with E-state index in [0.29, 0.717) is 23.8 Å². The third-order valence-electron chi connectivity index (χ3n) is 10.1. The van der Waals surface area contributed by atoms with E-state index in [2.05, 4.69) is 32.0 Å². The minimum absolute atomic E-state index is 0.125. The molecule has 3 aliphatic rings. The third kappa shape index (κ3) is 4.57. The topological polar surface area (TPSA) is 55.8 Å². The van der Waals surface area contributed by atoms with Gasteiger partial charge in [-0.25, -0.2) is 4.39 Å². The van der Waals surface area contributed by atoms with Gasteiger partial charge in [-0.3, -0.25) is 4.79 Å².